The zero-order valence-electron chi connectivity index (χ0n) is 12.0. The van der Waals surface area contributed by atoms with Crippen molar-refractivity contribution in [3.05, 3.63) is 71.5 Å². The molecule has 0 unspecified atom stereocenters. The highest BCUT2D eigenvalue weighted by Gasteiger charge is 2.14. The second kappa shape index (κ2) is 7.84. The molecule has 0 aliphatic heterocycles. The Labute approximate surface area is 129 Å². The van der Waals surface area contributed by atoms with Gasteiger partial charge in [0.25, 0.3) is 0 Å². The fourth-order valence-electron chi connectivity index (χ4n) is 1.92. The number of nitrogens with zero attached hydrogens (tertiary/aromatic N) is 1. The lowest BCUT2D eigenvalue weighted by Crippen LogP contribution is -2.31. The van der Waals surface area contributed by atoms with E-state index < -0.39 is 6.09 Å². The summed E-state index contributed by atoms with van der Waals surface area (Å²) in [5.41, 5.74) is 1.69. The summed E-state index contributed by atoms with van der Waals surface area (Å²) in [7, 11) is 0. The van der Waals surface area contributed by atoms with Gasteiger partial charge in [-0.25, -0.2) is 9.18 Å². The van der Waals surface area contributed by atoms with Crippen LogP contribution in [-0.4, -0.2) is 17.5 Å². The molecule has 1 amide bonds. The molecule has 0 spiro atoms. The van der Waals surface area contributed by atoms with Gasteiger partial charge in [-0.2, -0.15) is 0 Å². The predicted molar refractivity (Wildman–Crippen MR) is 82.3 cm³/mol. The molecule has 0 aromatic heterocycles. The Bertz CT molecular complexity index is 647. The van der Waals surface area contributed by atoms with E-state index in [1.54, 1.807) is 12.1 Å². The summed E-state index contributed by atoms with van der Waals surface area (Å²) in [5.74, 6) is 2.11. The van der Waals surface area contributed by atoms with Gasteiger partial charge in [0, 0.05) is 6.54 Å². The van der Waals surface area contributed by atoms with Gasteiger partial charge < -0.3 is 4.74 Å². The summed E-state index contributed by atoms with van der Waals surface area (Å²) >= 11 is 0. The number of carbonyl (C=O) groups excluding carboxylic acids is 1. The smallest absolute Gasteiger partial charge is 0.411 e. The lowest BCUT2D eigenvalue weighted by Gasteiger charge is -2.20. The molecule has 0 fully saturated rings. The van der Waals surface area contributed by atoms with Crippen LogP contribution in [0.15, 0.2) is 54.6 Å². The monoisotopic (exact) mass is 297 g/mol. The number of rotatable bonds is 5. The quantitative estimate of drug-likeness (QED) is 0.789. The minimum atomic E-state index is -0.494. The third kappa shape index (κ3) is 4.64. The van der Waals surface area contributed by atoms with Gasteiger partial charge in [0.15, 0.2) is 0 Å². The summed E-state index contributed by atoms with van der Waals surface area (Å²) in [6.45, 7) is 0.591. The Hall–Kier alpha value is -2.80. The molecule has 0 aliphatic carbocycles. The van der Waals surface area contributed by atoms with E-state index in [1.807, 2.05) is 30.3 Å². The molecule has 2 rings (SSSR count). The van der Waals surface area contributed by atoms with Gasteiger partial charge in [-0.1, -0.05) is 48.4 Å². The number of halogens is 1. The first kappa shape index (κ1) is 15.6. The second-order valence-electron chi connectivity index (χ2n) is 4.73. The standard InChI is InChI=1S/C18H16FNO2/c1-2-12-20(13-15-8-10-17(19)11-9-15)18(21)22-14-16-6-4-3-5-7-16/h1,3-11H,12-14H2. The van der Waals surface area contributed by atoms with E-state index in [9.17, 15) is 9.18 Å². The molecule has 0 saturated heterocycles. The fraction of sp³-hybridized carbons (Fsp3) is 0.167. The lowest BCUT2D eigenvalue weighted by atomic mass is 10.2. The number of hydrogen-bond acceptors (Lipinski definition) is 2. The molecule has 0 bridgehead atoms. The average molecular weight is 297 g/mol. The SMILES string of the molecule is C#CCN(Cc1ccc(F)cc1)C(=O)OCc1ccccc1. The summed E-state index contributed by atoms with van der Waals surface area (Å²) in [5, 5.41) is 0. The van der Waals surface area contributed by atoms with Crippen LogP contribution in [0.1, 0.15) is 11.1 Å². The largest absolute Gasteiger partial charge is 0.445 e. The molecule has 22 heavy (non-hydrogen) atoms. The predicted octanol–water partition coefficient (Wildman–Crippen LogP) is 3.60. The van der Waals surface area contributed by atoms with E-state index >= 15 is 0 Å². The number of benzene rings is 2. The molecule has 0 aliphatic rings. The van der Waals surface area contributed by atoms with Gasteiger partial charge in [0.05, 0.1) is 6.54 Å². The maximum absolute atomic E-state index is 12.9. The topological polar surface area (TPSA) is 29.5 Å². The molecule has 2 aromatic rings. The van der Waals surface area contributed by atoms with E-state index in [0.29, 0.717) is 0 Å². The minimum Gasteiger partial charge on any atom is -0.445 e. The van der Waals surface area contributed by atoms with Gasteiger partial charge in [-0.3, -0.25) is 4.90 Å². The van der Waals surface area contributed by atoms with Crippen molar-refractivity contribution in [1.82, 2.24) is 4.90 Å². The molecule has 0 radical (unpaired) electrons. The molecule has 4 heteroatoms. The Morgan fingerprint density at radius 2 is 1.77 bits per heavy atom. The van der Waals surface area contributed by atoms with Gasteiger partial charge in [0.1, 0.15) is 12.4 Å². The first-order chi connectivity index (χ1) is 10.7. The van der Waals surface area contributed by atoms with Crippen LogP contribution in [0.4, 0.5) is 9.18 Å². The van der Waals surface area contributed by atoms with Crippen LogP contribution in [0.5, 0.6) is 0 Å². The van der Waals surface area contributed by atoms with Crippen molar-refractivity contribution in [2.75, 3.05) is 6.54 Å². The first-order valence-corrected chi connectivity index (χ1v) is 6.82. The van der Waals surface area contributed by atoms with Crippen molar-refractivity contribution < 1.29 is 13.9 Å². The zero-order valence-corrected chi connectivity index (χ0v) is 12.0. The summed E-state index contributed by atoms with van der Waals surface area (Å²) in [4.78, 5) is 13.5. The van der Waals surface area contributed by atoms with Crippen molar-refractivity contribution in [2.45, 2.75) is 13.2 Å². The Kier molecular flexibility index (Phi) is 5.56. The molecule has 0 saturated carbocycles. The number of carbonyl (C=O) groups is 1. The van der Waals surface area contributed by atoms with Crippen LogP contribution >= 0.6 is 0 Å². The van der Waals surface area contributed by atoms with Crippen molar-refractivity contribution in [3.8, 4) is 12.3 Å². The van der Waals surface area contributed by atoms with Crippen LogP contribution in [0.25, 0.3) is 0 Å². The van der Waals surface area contributed by atoms with Crippen LogP contribution < -0.4 is 0 Å². The van der Waals surface area contributed by atoms with Gasteiger partial charge in [0.2, 0.25) is 0 Å². The van der Waals surface area contributed by atoms with Crippen molar-refractivity contribution >= 4 is 6.09 Å². The van der Waals surface area contributed by atoms with Gasteiger partial charge in [-0.05, 0) is 23.3 Å². The lowest BCUT2D eigenvalue weighted by molar-refractivity contribution is 0.0984. The maximum atomic E-state index is 12.9. The number of terminal acetylenes is 1. The fourth-order valence-corrected chi connectivity index (χ4v) is 1.92. The number of amides is 1. The third-order valence-electron chi connectivity index (χ3n) is 3.03. The van der Waals surface area contributed by atoms with Crippen molar-refractivity contribution in [2.24, 2.45) is 0 Å². The molecular weight excluding hydrogens is 281 g/mol. The van der Waals surface area contributed by atoms with Gasteiger partial charge in [-0.15, -0.1) is 6.42 Å². The molecule has 0 N–H and O–H groups in total. The van der Waals surface area contributed by atoms with E-state index in [4.69, 9.17) is 11.2 Å². The third-order valence-corrected chi connectivity index (χ3v) is 3.03. The van der Waals surface area contributed by atoms with E-state index in [-0.39, 0.29) is 25.5 Å². The Morgan fingerprint density at radius 3 is 2.41 bits per heavy atom. The molecular formula is C18H16FNO2. The maximum Gasteiger partial charge on any atom is 0.411 e. The summed E-state index contributed by atoms with van der Waals surface area (Å²) in [6.07, 6.45) is 4.80. The second-order valence-corrected chi connectivity index (χ2v) is 4.73. The van der Waals surface area contributed by atoms with E-state index in [2.05, 4.69) is 5.92 Å². The van der Waals surface area contributed by atoms with Crippen molar-refractivity contribution in [1.29, 1.82) is 0 Å². The Balaban J connectivity index is 1.96. The highest BCUT2D eigenvalue weighted by Crippen LogP contribution is 2.09. The molecule has 0 heterocycles. The first-order valence-electron chi connectivity index (χ1n) is 6.82. The number of ether oxygens (including phenoxy) is 1. The summed E-state index contributed by atoms with van der Waals surface area (Å²) < 4.78 is 18.2. The Morgan fingerprint density at radius 1 is 1.09 bits per heavy atom. The zero-order chi connectivity index (χ0) is 15.8. The van der Waals surface area contributed by atoms with Crippen LogP contribution in [0, 0.1) is 18.2 Å². The normalized spacial score (nSPS) is 9.82. The van der Waals surface area contributed by atoms with Gasteiger partial charge >= 0.3 is 6.09 Å². The average Bonchev–Trinajstić information content (AvgIpc) is 2.55. The van der Waals surface area contributed by atoms with Crippen LogP contribution in [-0.2, 0) is 17.9 Å². The molecule has 3 nitrogen and oxygen atoms in total. The molecule has 2 aromatic carbocycles. The highest BCUT2D eigenvalue weighted by atomic mass is 19.1. The number of hydrogen-bond donors (Lipinski definition) is 0. The molecule has 0 atom stereocenters. The van der Waals surface area contributed by atoms with Crippen LogP contribution in [0.3, 0.4) is 0 Å². The molecule has 112 valence electrons. The summed E-state index contributed by atoms with van der Waals surface area (Å²) in [6, 6.07) is 15.3. The van der Waals surface area contributed by atoms with E-state index in [1.165, 1.54) is 17.0 Å². The van der Waals surface area contributed by atoms with E-state index in [0.717, 1.165) is 11.1 Å². The minimum absolute atomic E-state index is 0.130. The van der Waals surface area contributed by atoms with Crippen LogP contribution in [0.2, 0.25) is 0 Å². The highest BCUT2D eigenvalue weighted by molar-refractivity contribution is 5.68. The van der Waals surface area contributed by atoms with Crippen molar-refractivity contribution in [3.63, 3.8) is 0 Å².